The lowest BCUT2D eigenvalue weighted by molar-refractivity contribution is -0.131. The van der Waals surface area contributed by atoms with Crippen molar-refractivity contribution in [3.63, 3.8) is 0 Å². The highest BCUT2D eigenvalue weighted by Gasteiger charge is 2.16. The van der Waals surface area contributed by atoms with Crippen molar-refractivity contribution < 1.29 is 13.2 Å². The Kier molecular flexibility index (Phi) is 7.77. The van der Waals surface area contributed by atoms with Gasteiger partial charge in [0.2, 0.25) is 15.9 Å². The van der Waals surface area contributed by atoms with E-state index >= 15 is 0 Å². The van der Waals surface area contributed by atoms with Gasteiger partial charge in [-0.05, 0) is 30.7 Å². The Morgan fingerprint density at radius 3 is 2.23 bits per heavy atom. The minimum atomic E-state index is -3.60. The second-order valence-corrected chi connectivity index (χ2v) is 7.67. The summed E-state index contributed by atoms with van der Waals surface area (Å²) in [5.41, 5.74) is 6.59. The summed E-state index contributed by atoms with van der Waals surface area (Å²) < 4.78 is 26.9. The zero-order valence-electron chi connectivity index (χ0n) is 14.7. The SMILES string of the molecule is NCCCN(Cc1ccccc1)C(=O)CCNS(=O)(=O)c1ccccc1. The van der Waals surface area contributed by atoms with Crippen LogP contribution in [0.2, 0.25) is 0 Å². The van der Waals surface area contributed by atoms with Crippen molar-refractivity contribution in [3.8, 4) is 0 Å². The second kappa shape index (κ2) is 10.1. The van der Waals surface area contributed by atoms with Gasteiger partial charge in [0, 0.05) is 26.1 Å². The van der Waals surface area contributed by atoms with E-state index < -0.39 is 10.0 Å². The molecule has 0 aromatic heterocycles. The average molecular weight is 375 g/mol. The molecule has 0 saturated carbocycles. The summed E-state index contributed by atoms with van der Waals surface area (Å²) in [7, 11) is -3.60. The molecule has 6 nitrogen and oxygen atoms in total. The van der Waals surface area contributed by atoms with Crippen molar-refractivity contribution in [2.45, 2.75) is 24.3 Å². The lowest BCUT2D eigenvalue weighted by atomic mass is 10.2. The summed E-state index contributed by atoms with van der Waals surface area (Å²) >= 11 is 0. The van der Waals surface area contributed by atoms with Crippen molar-refractivity contribution >= 4 is 15.9 Å². The quantitative estimate of drug-likeness (QED) is 0.661. The number of carbonyl (C=O) groups is 1. The highest BCUT2D eigenvalue weighted by atomic mass is 32.2. The van der Waals surface area contributed by atoms with Crippen LogP contribution in [0.15, 0.2) is 65.6 Å². The number of nitrogens with one attached hydrogen (secondary N) is 1. The molecule has 0 saturated heterocycles. The summed E-state index contributed by atoms with van der Waals surface area (Å²) in [6.07, 6.45) is 0.803. The Balaban J connectivity index is 1.92. The van der Waals surface area contributed by atoms with Gasteiger partial charge in [-0.25, -0.2) is 13.1 Å². The fourth-order valence-electron chi connectivity index (χ4n) is 2.51. The topological polar surface area (TPSA) is 92.5 Å². The number of nitrogens with two attached hydrogens (primary N) is 1. The molecule has 0 bridgehead atoms. The van der Waals surface area contributed by atoms with Crippen LogP contribution >= 0.6 is 0 Å². The molecule has 0 atom stereocenters. The number of benzene rings is 2. The van der Waals surface area contributed by atoms with Gasteiger partial charge in [-0.3, -0.25) is 4.79 Å². The van der Waals surface area contributed by atoms with E-state index in [1.165, 1.54) is 12.1 Å². The number of hydrogen-bond donors (Lipinski definition) is 2. The van der Waals surface area contributed by atoms with E-state index in [4.69, 9.17) is 5.73 Å². The largest absolute Gasteiger partial charge is 0.338 e. The molecule has 0 fully saturated rings. The van der Waals surface area contributed by atoms with E-state index in [-0.39, 0.29) is 23.8 Å². The molecule has 0 spiro atoms. The first-order valence-electron chi connectivity index (χ1n) is 8.59. The fourth-order valence-corrected chi connectivity index (χ4v) is 3.56. The Bertz CT molecular complexity index is 780. The van der Waals surface area contributed by atoms with E-state index in [2.05, 4.69) is 4.72 Å². The van der Waals surface area contributed by atoms with Crippen LogP contribution in [0.1, 0.15) is 18.4 Å². The first-order chi connectivity index (χ1) is 12.5. The Labute approximate surface area is 155 Å². The van der Waals surface area contributed by atoms with Crippen LogP contribution in [0.25, 0.3) is 0 Å². The standard InChI is InChI=1S/C19H25N3O3S/c20-13-7-15-22(16-17-8-3-1-4-9-17)19(23)12-14-21-26(24,25)18-10-5-2-6-11-18/h1-6,8-11,21H,7,12-16,20H2. The van der Waals surface area contributed by atoms with E-state index in [1.54, 1.807) is 23.1 Å². The van der Waals surface area contributed by atoms with Gasteiger partial charge in [-0.1, -0.05) is 48.5 Å². The average Bonchev–Trinajstić information content (AvgIpc) is 2.66. The third-order valence-electron chi connectivity index (χ3n) is 3.89. The first kappa shape index (κ1) is 20.1. The van der Waals surface area contributed by atoms with Crippen LogP contribution in [0, 0.1) is 0 Å². The molecule has 2 rings (SSSR count). The third kappa shape index (κ3) is 6.25. The smallest absolute Gasteiger partial charge is 0.240 e. The molecule has 140 valence electrons. The van der Waals surface area contributed by atoms with Gasteiger partial charge in [0.05, 0.1) is 4.90 Å². The van der Waals surface area contributed by atoms with E-state index in [1.807, 2.05) is 30.3 Å². The number of hydrogen-bond acceptors (Lipinski definition) is 4. The van der Waals surface area contributed by atoms with Gasteiger partial charge in [0.15, 0.2) is 0 Å². The number of nitrogens with zero attached hydrogens (tertiary/aromatic N) is 1. The molecule has 0 unspecified atom stereocenters. The normalized spacial score (nSPS) is 11.3. The highest BCUT2D eigenvalue weighted by Crippen LogP contribution is 2.09. The number of carbonyl (C=O) groups excluding carboxylic acids is 1. The van der Waals surface area contributed by atoms with Gasteiger partial charge in [0.25, 0.3) is 0 Å². The molecule has 1 amide bonds. The summed E-state index contributed by atoms with van der Waals surface area (Å²) in [5.74, 6) is -0.0990. The monoisotopic (exact) mass is 375 g/mol. The molecule has 2 aromatic carbocycles. The van der Waals surface area contributed by atoms with Crippen molar-refractivity contribution in [3.05, 3.63) is 66.2 Å². The van der Waals surface area contributed by atoms with Gasteiger partial charge >= 0.3 is 0 Å². The molecule has 26 heavy (non-hydrogen) atoms. The molecule has 0 aliphatic heterocycles. The lowest BCUT2D eigenvalue weighted by Crippen LogP contribution is -2.35. The van der Waals surface area contributed by atoms with E-state index in [9.17, 15) is 13.2 Å². The number of rotatable bonds is 10. The summed E-state index contributed by atoms with van der Waals surface area (Å²) in [6.45, 7) is 1.60. The predicted octanol–water partition coefficient (Wildman–Crippen LogP) is 1.73. The van der Waals surface area contributed by atoms with Crippen molar-refractivity contribution in [1.29, 1.82) is 0 Å². The predicted molar refractivity (Wildman–Crippen MR) is 102 cm³/mol. The first-order valence-corrected chi connectivity index (χ1v) is 10.1. The maximum absolute atomic E-state index is 12.5. The summed E-state index contributed by atoms with van der Waals surface area (Å²) in [5, 5.41) is 0. The second-order valence-electron chi connectivity index (χ2n) is 5.90. The maximum Gasteiger partial charge on any atom is 0.240 e. The molecular weight excluding hydrogens is 350 g/mol. The van der Waals surface area contributed by atoms with Gasteiger partial charge in [-0.2, -0.15) is 0 Å². The minimum absolute atomic E-state index is 0.0595. The zero-order chi connectivity index (χ0) is 18.8. The zero-order valence-corrected chi connectivity index (χ0v) is 15.5. The van der Waals surface area contributed by atoms with Crippen LogP contribution in [0.5, 0.6) is 0 Å². The summed E-state index contributed by atoms with van der Waals surface area (Å²) in [6, 6.07) is 17.8. The Morgan fingerprint density at radius 1 is 1.00 bits per heavy atom. The van der Waals surface area contributed by atoms with Crippen molar-refractivity contribution in [2.24, 2.45) is 5.73 Å². The van der Waals surface area contributed by atoms with Crippen LogP contribution in [0.4, 0.5) is 0 Å². The lowest BCUT2D eigenvalue weighted by Gasteiger charge is -2.23. The van der Waals surface area contributed by atoms with Crippen LogP contribution in [0.3, 0.4) is 0 Å². The van der Waals surface area contributed by atoms with Crippen LogP contribution in [-0.2, 0) is 21.4 Å². The Hall–Kier alpha value is -2.22. The van der Waals surface area contributed by atoms with Crippen LogP contribution in [-0.4, -0.2) is 38.9 Å². The van der Waals surface area contributed by atoms with Gasteiger partial charge in [0.1, 0.15) is 0 Å². The van der Waals surface area contributed by atoms with Crippen molar-refractivity contribution in [1.82, 2.24) is 9.62 Å². The van der Waals surface area contributed by atoms with Crippen molar-refractivity contribution in [2.75, 3.05) is 19.6 Å². The molecule has 0 heterocycles. The molecule has 0 radical (unpaired) electrons. The number of amides is 1. The summed E-state index contributed by atoms with van der Waals surface area (Å²) in [4.78, 5) is 14.4. The van der Waals surface area contributed by atoms with Crippen LogP contribution < -0.4 is 10.5 Å². The minimum Gasteiger partial charge on any atom is -0.338 e. The number of sulfonamides is 1. The van der Waals surface area contributed by atoms with Gasteiger partial charge in [-0.15, -0.1) is 0 Å². The molecule has 2 aromatic rings. The third-order valence-corrected chi connectivity index (χ3v) is 5.36. The molecule has 3 N–H and O–H groups in total. The highest BCUT2D eigenvalue weighted by molar-refractivity contribution is 7.89. The van der Waals surface area contributed by atoms with E-state index in [0.717, 1.165) is 5.56 Å². The molecule has 0 aliphatic carbocycles. The molecular formula is C19H25N3O3S. The van der Waals surface area contributed by atoms with Gasteiger partial charge < -0.3 is 10.6 Å². The Morgan fingerprint density at radius 2 is 1.62 bits per heavy atom. The molecule has 0 aliphatic rings. The van der Waals surface area contributed by atoms with E-state index in [0.29, 0.717) is 26.1 Å². The molecule has 7 heteroatoms. The maximum atomic E-state index is 12.5. The fraction of sp³-hybridized carbons (Fsp3) is 0.316.